The molecule has 0 radical (unpaired) electrons. The standard InChI is InChI=1S/C17H21FN2O3/c1-10(2)20-16(21)19-13-9-17(20,15-4-3-7-22-15)23-14-6-5-11(18)8-12(13)14/h5-6,8,10,13,15H,3-4,7,9H2,1-2H3,(H,19,21). The SMILES string of the molecule is CC(C)N1C(=O)NC2CC1(C1CCCO1)Oc1ccc(F)cc12. The first kappa shape index (κ1) is 14.8. The molecule has 1 N–H and O–H groups in total. The van der Waals surface area contributed by atoms with E-state index in [1.807, 2.05) is 13.8 Å². The van der Waals surface area contributed by atoms with Gasteiger partial charge in [-0.15, -0.1) is 0 Å². The van der Waals surface area contributed by atoms with E-state index < -0.39 is 5.72 Å². The minimum Gasteiger partial charge on any atom is -0.465 e. The van der Waals surface area contributed by atoms with E-state index in [-0.39, 0.29) is 30.0 Å². The van der Waals surface area contributed by atoms with Crippen molar-refractivity contribution in [3.05, 3.63) is 29.6 Å². The Bertz CT molecular complexity index is 645. The summed E-state index contributed by atoms with van der Waals surface area (Å²) in [5, 5.41) is 3.00. The highest BCUT2D eigenvalue weighted by Crippen LogP contribution is 2.48. The van der Waals surface area contributed by atoms with E-state index in [0.717, 1.165) is 12.8 Å². The average molecular weight is 320 g/mol. The van der Waals surface area contributed by atoms with Crippen LogP contribution in [0.25, 0.3) is 0 Å². The van der Waals surface area contributed by atoms with Gasteiger partial charge < -0.3 is 14.8 Å². The Balaban J connectivity index is 1.84. The molecule has 2 fully saturated rings. The van der Waals surface area contributed by atoms with Gasteiger partial charge in [-0.3, -0.25) is 4.90 Å². The maximum absolute atomic E-state index is 13.6. The van der Waals surface area contributed by atoms with Crippen LogP contribution in [0, 0.1) is 5.82 Å². The van der Waals surface area contributed by atoms with Crippen LogP contribution in [0.5, 0.6) is 5.75 Å². The summed E-state index contributed by atoms with van der Waals surface area (Å²) in [7, 11) is 0. The Morgan fingerprint density at radius 1 is 1.43 bits per heavy atom. The van der Waals surface area contributed by atoms with Crippen LogP contribution in [0.4, 0.5) is 9.18 Å². The lowest BCUT2D eigenvalue weighted by molar-refractivity contribution is -0.179. The number of amides is 2. The molecule has 0 aromatic heterocycles. The zero-order valence-corrected chi connectivity index (χ0v) is 13.3. The third kappa shape index (κ3) is 2.11. The largest absolute Gasteiger partial charge is 0.465 e. The number of fused-ring (bicyclic) bond motifs is 4. The predicted octanol–water partition coefficient (Wildman–Crippen LogP) is 2.96. The molecule has 3 aliphatic rings. The highest BCUT2D eigenvalue weighted by molar-refractivity contribution is 5.78. The van der Waals surface area contributed by atoms with Crippen molar-refractivity contribution in [2.45, 2.75) is 57.0 Å². The van der Waals surface area contributed by atoms with Crippen molar-refractivity contribution in [3.8, 4) is 5.75 Å². The molecule has 1 aromatic rings. The van der Waals surface area contributed by atoms with Crippen LogP contribution >= 0.6 is 0 Å². The first-order valence-corrected chi connectivity index (χ1v) is 8.21. The number of carbonyl (C=O) groups excluding carboxylic acids is 1. The molecule has 2 bridgehead atoms. The summed E-state index contributed by atoms with van der Waals surface area (Å²) < 4.78 is 25.9. The van der Waals surface area contributed by atoms with Gasteiger partial charge in [-0.25, -0.2) is 9.18 Å². The van der Waals surface area contributed by atoms with Crippen molar-refractivity contribution in [2.24, 2.45) is 0 Å². The van der Waals surface area contributed by atoms with E-state index in [4.69, 9.17) is 9.47 Å². The number of hydrogen-bond donors (Lipinski definition) is 1. The summed E-state index contributed by atoms with van der Waals surface area (Å²) in [6.07, 6.45) is 2.24. The van der Waals surface area contributed by atoms with E-state index in [9.17, 15) is 9.18 Å². The molecule has 2 saturated heterocycles. The van der Waals surface area contributed by atoms with Crippen LogP contribution in [0.3, 0.4) is 0 Å². The number of nitrogens with one attached hydrogen (secondary N) is 1. The van der Waals surface area contributed by atoms with Crippen molar-refractivity contribution in [3.63, 3.8) is 0 Å². The minimum absolute atomic E-state index is 0.0258. The van der Waals surface area contributed by atoms with Crippen LogP contribution < -0.4 is 10.1 Å². The van der Waals surface area contributed by atoms with E-state index in [1.54, 1.807) is 11.0 Å². The second-order valence-electron chi connectivity index (χ2n) is 6.80. The fourth-order valence-electron chi connectivity index (χ4n) is 4.14. The Hall–Kier alpha value is -1.82. The van der Waals surface area contributed by atoms with Gasteiger partial charge in [0.05, 0.1) is 6.04 Å². The number of benzene rings is 1. The molecule has 3 unspecified atom stereocenters. The molecular formula is C17H21FN2O3. The van der Waals surface area contributed by atoms with Crippen LogP contribution in [-0.4, -0.2) is 35.4 Å². The summed E-state index contributed by atoms with van der Waals surface area (Å²) in [5.74, 6) is 0.307. The maximum atomic E-state index is 13.6. The number of rotatable bonds is 2. The Morgan fingerprint density at radius 3 is 2.96 bits per heavy atom. The summed E-state index contributed by atoms with van der Waals surface area (Å²) in [6.45, 7) is 4.63. The summed E-state index contributed by atoms with van der Waals surface area (Å²) in [6, 6.07) is 4.04. The molecule has 4 rings (SSSR count). The molecule has 5 nitrogen and oxygen atoms in total. The predicted molar refractivity (Wildman–Crippen MR) is 81.6 cm³/mol. The Labute approximate surface area is 134 Å². The first-order chi connectivity index (χ1) is 11.0. The normalized spacial score (nSPS) is 32.5. The molecular weight excluding hydrogens is 299 g/mol. The van der Waals surface area contributed by atoms with Gasteiger partial charge >= 0.3 is 6.03 Å². The number of ether oxygens (including phenoxy) is 2. The fraction of sp³-hybridized carbons (Fsp3) is 0.588. The number of carbonyl (C=O) groups is 1. The van der Waals surface area contributed by atoms with Gasteiger partial charge in [0.25, 0.3) is 0 Å². The van der Waals surface area contributed by atoms with Gasteiger partial charge in [-0.1, -0.05) is 0 Å². The third-order valence-electron chi connectivity index (χ3n) is 5.00. The third-order valence-corrected chi connectivity index (χ3v) is 5.00. The van der Waals surface area contributed by atoms with Gasteiger partial charge in [-0.2, -0.15) is 0 Å². The summed E-state index contributed by atoms with van der Waals surface area (Å²) >= 11 is 0. The van der Waals surface area contributed by atoms with Gasteiger partial charge in [0, 0.05) is 24.6 Å². The van der Waals surface area contributed by atoms with Crippen molar-refractivity contribution in [2.75, 3.05) is 6.61 Å². The molecule has 2 amide bonds. The molecule has 124 valence electrons. The topological polar surface area (TPSA) is 50.8 Å². The highest BCUT2D eigenvalue weighted by atomic mass is 19.1. The summed E-state index contributed by atoms with van der Waals surface area (Å²) in [4.78, 5) is 14.4. The molecule has 3 atom stereocenters. The van der Waals surface area contributed by atoms with Gasteiger partial charge in [0.1, 0.15) is 17.7 Å². The van der Waals surface area contributed by atoms with Crippen molar-refractivity contribution in [1.82, 2.24) is 10.2 Å². The fourth-order valence-corrected chi connectivity index (χ4v) is 4.14. The monoisotopic (exact) mass is 320 g/mol. The van der Waals surface area contributed by atoms with Gasteiger partial charge in [-0.05, 0) is 44.9 Å². The molecule has 0 spiro atoms. The lowest BCUT2D eigenvalue weighted by Crippen LogP contribution is -2.72. The van der Waals surface area contributed by atoms with Crippen LogP contribution in [0.1, 0.15) is 44.7 Å². The van der Waals surface area contributed by atoms with Crippen LogP contribution in [0.15, 0.2) is 18.2 Å². The number of urea groups is 1. The molecule has 0 saturated carbocycles. The molecule has 3 aliphatic heterocycles. The van der Waals surface area contributed by atoms with Crippen molar-refractivity contribution >= 4 is 6.03 Å². The van der Waals surface area contributed by atoms with Gasteiger partial charge in [0.2, 0.25) is 5.72 Å². The van der Waals surface area contributed by atoms with Crippen LogP contribution in [-0.2, 0) is 4.74 Å². The van der Waals surface area contributed by atoms with E-state index in [2.05, 4.69) is 5.32 Å². The second-order valence-corrected chi connectivity index (χ2v) is 6.80. The van der Waals surface area contributed by atoms with Crippen LogP contribution in [0.2, 0.25) is 0 Å². The zero-order chi connectivity index (χ0) is 16.2. The molecule has 6 heteroatoms. The molecule has 0 aliphatic carbocycles. The summed E-state index contributed by atoms with van der Waals surface area (Å²) in [5.41, 5.74) is -0.113. The lowest BCUT2D eigenvalue weighted by Gasteiger charge is -2.55. The smallest absolute Gasteiger partial charge is 0.321 e. The van der Waals surface area contributed by atoms with Gasteiger partial charge in [0.15, 0.2) is 0 Å². The maximum Gasteiger partial charge on any atom is 0.321 e. The minimum atomic E-state index is -0.817. The first-order valence-electron chi connectivity index (χ1n) is 8.21. The lowest BCUT2D eigenvalue weighted by atomic mass is 9.84. The molecule has 3 heterocycles. The quantitative estimate of drug-likeness (QED) is 0.911. The Morgan fingerprint density at radius 2 is 2.26 bits per heavy atom. The Kier molecular flexibility index (Phi) is 3.27. The van der Waals surface area contributed by atoms with E-state index in [0.29, 0.717) is 24.3 Å². The van der Waals surface area contributed by atoms with E-state index in [1.165, 1.54) is 12.1 Å². The van der Waals surface area contributed by atoms with Crippen molar-refractivity contribution in [1.29, 1.82) is 0 Å². The molecule has 23 heavy (non-hydrogen) atoms. The number of halogens is 1. The number of nitrogens with zero attached hydrogens (tertiary/aromatic N) is 1. The highest BCUT2D eigenvalue weighted by Gasteiger charge is 2.58. The average Bonchev–Trinajstić information content (AvgIpc) is 3.02. The van der Waals surface area contributed by atoms with Crippen molar-refractivity contribution < 1.29 is 18.7 Å². The molecule has 1 aromatic carbocycles. The van der Waals surface area contributed by atoms with E-state index >= 15 is 0 Å². The second kappa shape index (κ2) is 5.09. The number of hydrogen-bond acceptors (Lipinski definition) is 3. The zero-order valence-electron chi connectivity index (χ0n) is 13.3.